The van der Waals surface area contributed by atoms with Crippen LogP contribution in [0, 0.1) is 0 Å². The van der Waals surface area contributed by atoms with Gasteiger partial charge in [0.25, 0.3) is 0 Å². The molecule has 0 amide bonds. The minimum Gasteiger partial charge on any atom is -0.380 e. The number of carbonyl (C=O) groups excluding carboxylic acids is 1. The van der Waals surface area contributed by atoms with Gasteiger partial charge in [-0.05, 0) is 22.9 Å². The number of Topliss-reactive ketones (excluding diaryl/α,β-unsaturated/α-hetero) is 1. The summed E-state index contributed by atoms with van der Waals surface area (Å²) >= 11 is 0. The van der Waals surface area contributed by atoms with Crippen molar-refractivity contribution in [3.8, 4) is 0 Å². The first kappa shape index (κ1) is 11.3. The Balaban J connectivity index is 2.65. The molecule has 2 unspecified atom stereocenters. The van der Waals surface area contributed by atoms with Crippen molar-refractivity contribution in [2.24, 2.45) is 0 Å². The normalized spacial score (nSPS) is 19.6. The van der Waals surface area contributed by atoms with Gasteiger partial charge in [0.1, 0.15) is 6.10 Å². The second kappa shape index (κ2) is 4.32. The Morgan fingerprint density at radius 1 is 1.38 bits per heavy atom. The Bertz CT molecular complexity index is 488. The molecule has 0 heterocycles. The maximum atomic E-state index is 11.9. The summed E-state index contributed by atoms with van der Waals surface area (Å²) in [5.41, 5.74) is 2.48. The van der Waals surface area contributed by atoms with Crippen LogP contribution in [0.3, 0.4) is 0 Å². The predicted molar refractivity (Wildman–Crippen MR) is 68.2 cm³/mol. The van der Waals surface area contributed by atoms with Gasteiger partial charge >= 0.3 is 0 Å². The highest BCUT2D eigenvalue weighted by molar-refractivity contribution is 7.23. The number of hydrogen-bond acceptors (Lipinski definition) is 2. The maximum Gasteiger partial charge on any atom is 0.196 e. The monoisotopic (exact) mass is 232 g/mol. The largest absolute Gasteiger partial charge is 0.380 e. The van der Waals surface area contributed by atoms with E-state index in [2.05, 4.69) is 15.8 Å². The molecule has 0 radical (unpaired) electrons. The molecule has 0 saturated heterocycles. The minimum atomic E-state index is -1.03. The first-order chi connectivity index (χ1) is 7.66. The molecule has 3 heteroatoms. The second-order valence-corrected chi connectivity index (χ2v) is 4.36. The van der Waals surface area contributed by atoms with Gasteiger partial charge in [0, 0.05) is 5.56 Å². The summed E-state index contributed by atoms with van der Waals surface area (Å²) in [6, 6.07) is 7.36. The highest BCUT2D eigenvalue weighted by atomic mass is 31.0. The number of allylic oxidation sites excluding steroid dienone is 2. The Morgan fingerprint density at radius 3 is 2.62 bits per heavy atom. The SMILES string of the molecule is C=CCC1=C(P)C(O)C(=O)c2ccccc21. The van der Waals surface area contributed by atoms with Crippen molar-refractivity contribution in [3.05, 3.63) is 53.4 Å². The van der Waals surface area contributed by atoms with E-state index >= 15 is 0 Å². The number of hydrogen-bond donors (Lipinski definition) is 1. The summed E-state index contributed by atoms with van der Waals surface area (Å²) in [7, 11) is 2.46. The average Bonchev–Trinajstić information content (AvgIpc) is 2.32. The van der Waals surface area contributed by atoms with Crippen LogP contribution in [-0.2, 0) is 0 Å². The fourth-order valence-electron chi connectivity index (χ4n) is 1.94. The van der Waals surface area contributed by atoms with Crippen molar-refractivity contribution in [1.82, 2.24) is 0 Å². The summed E-state index contributed by atoms with van der Waals surface area (Å²) in [4.78, 5) is 11.9. The molecule has 1 aromatic carbocycles. The van der Waals surface area contributed by atoms with E-state index in [1.54, 1.807) is 12.1 Å². The highest BCUT2D eigenvalue weighted by Crippen LogP contribution is 2.36. The first-order valence-electron chi connectivity index (χ1n) is 5.08. The van der Waals surface area contributed by atoms with Crippen molar-refractivity contribution in [3.63, 3.8) is 0 Å². The third kappa shape index (κ3) is 1.64. The molecule has 1 aliphatic rings. The molecular weight excluding hydrogens is 219 g/mol. The molecule has 0 spiro atoms. The lowest BCUT2D eigenvalue weighted by molar-refractivity contribution is 0.0812. The summed E-state index contributed by atoms with van der Waals surface area (Å²) < 4.78 is 0. The average molecular weight is 232 g/mol. The zero-order valence-electron chi connectivity index (χ0n) is 8.81. The number of fused-ring (bicyclic) bond motifs is 1. The summed E-state index contributed by atoms with van der Waals surface area (Å²) in [5.74, 6) is -0.228. The Hall–Kier alpha value is -1.24. The molecule has 1 N–H and O–H groups in total. The molecule has 1 aromatic rings. The van der Waals surface area contributed by atoms with E-state index in [1.165, 1.54) is 0 Å². The lowest BCUT2D eigenvalue weighted by atomic mass is 9.87. The van der Waals surface area contributed by atoms with Gasteiger partial charge in [0.2, 0.25) is 0 Å². The van der Waals surface area contributed by atoms with Crippen molar-refractivity contribution in [2.45, 2.75) is 12.5 Å². The summed E-state index contributed by atoms with van der Waals surface area (Å²) in [6.07, 6.45) is 1.40. The fourth-order valence-corrected chi connectivity index (χ4v) is 2.37. The maximum absolute atomic E-state index is 11.9. The molecule has 0 aliphatic heterocycles. The molecule has 2 rings (SSSR count). The van der Waals surface area contributed by atoms with Crippen LogP contribution in [0.4, 0.5) is 0 Å². The third-order valence-electron chi connectivity index (χ3n) is 2.76. The number of benzene rings is 1. The van der Waals surface area contributed by atoms with Crippen LogP contribution in [0.2, 0.25) is 0 Å². The van der Waals surface area contributed by atoms with Crippen molar-refractivity contribution >= 4 is 20.6 Å². The Morgan fingerprint density at radius 2 is 2.00 bits per heavy atom. The fraction of sp³-hybridized carbons (Fsp3) is 0.154. The van der Waals surface area contributed by atoms with Gasteiger partial charge in [-0.1, -0.05) is 30.3 Å². The van der Waals surface area contributed by atoms with E-state index in [4.69, 9.17) is 0 Å². The summed E-state index contributed by atoms with van der Waals surface area (Å²) in [6.45, 7) is 3.70. The van der Waals surface area contributed by atoms with Crippen LogP contribution in [0.25, 0.3) is 5.57 Å². The number of ketones is 1. The number of aliphatic hydroxyl groups excluding tert-OH is 1. The van der Waals surface area contributed by atoms with Gasteiger partial charge in [-0.25, -0.2) is 0 Å². The number of rotatable bonds is 2. The van der Waals surface area contributed by atoms with E-state index in [-0.39, 0.29) is 5.78 Å². The Kier molecular flexibility index (Phi) is 3.04. The molecule has 0 saturated carbocycles. The molecule has 2 nitrogen and oxygen atoms in total. The standard InChI is InChI=1S/C13H13O2P/c1-2-5-10-8-6-3-4-7-9(8)11(14)12(15)13(10)16/h2-4,6-7,12,15H,1,5,16H2. The van der Waals surface area contributed by atoms with E-state index in [9.17, 15) is 9.90 Å². The zero-order valence-corrected chi connectivity index (χ0v) is 9.97. The quantitative estimate of drug-likeness (QED) is 0.628. The van der Waals surface area contributed by atoms with Gasteiger partial charge in [-0.15, -0.1) is 15.8 Å². The van der Waals surface area contributed by atoms with Crippen LogP contribution >= 0.6 is 9.24 Å². The van der Waals surface area contributed by atoms with E-state index in [1.807, 2.05) is 18.2 Å². The Labute approximate surface area is 96.9 Å². The van der Waals surface area contributed by atoms with Crippen molar-refractivity contribution < 1.29 is 9.90 Å². The van der Waals surface area contributed by atoms with Crippen LogP contribution in [0.5, 0.6) is 0 Å². The lowest BCUT2D eigenvalue weighted by Gasteiger charge is -2.23. The number of aliphatic hydroxyl groups is 1. The van der Waals surface area contributed by atoms with Gasteiger partial charge in [-0.2, -0.15) is 0 Å². The third-order valence-corrected chi connectivity index (χ3v) is 3.42. The van der Waals surface area contributed by atoms with Crippen LogP contribution in [-0.4, -0.2) is 17.0 Å². The van der Waals surface area contributed by atoms with Crippen LogP contribution < -0.4 is 0 Å². The van der Waals surface area contributed by atoms with E-state index in [0.717, 1.165) is 11.1 Å². The highest BCUT2D eigenvalue weighted by Gasteiger charge is 2.29. The molecule has 0 aromatic heterocycles. The first-order valence-corrected chi connectivity index (χ1v) is 5.65. The van der Waals surface area contributed by atoms with Gasteiger partial charge in [-0.3, -0.25) is 4.79 Å². The lowest BCUT2D eigenvalue weighted by Crippen LogP contribution is -2.26. The van der Waals surface area contributed by atoms with Gasteiger partial charge < -0.3 is 5.11 Å². The van der Waals surface area contributed by atoms with Gasteiger partial charge in [0.15, 0.2) is 5.78 Å². The van der Waals surface area contributed by atoms with E-state index < -0.39 is 6.10 Å². The van der Waals surface area contributed by atoms with Crippen molar-refractivity contribution in [2.75, 3.05) is 0 Å². The topological polar surface area (TPSA) is 37.3 Å². The molecule has 0 fully saturated rings. The molecule has 16 heavy (non-hydrogen) atoms. The smallest absolute Gasteiger partial charge is 0.196 e. The zero-order chi connectivity index (χ0) is 11.7. The summed E-state index contributed by atoms with van der Waals surface area (Å²) in [5, 5.41) is 10.5. The van der Waals surface area contributed by atoms with E-state index in [0.29, 0.717) is 17.3 Å². The van der Waals surface area contributed by atoms with Crippen LogP contribution in [0.1, 0.15) is 22.3 Å². The molecule has 82 valence electrons. The number of carbonyl (C=O) groups is 1. The molecule has 0 bridgehead atoms. The molecule has 1 aliphatic carbocycles. The molecule has 2 atom stereocenters. The minimum absolute atomic E-state index is 0.228. The molecular formula is C13H13O2P. The second-order valence-electron chi connectivity index (χ2n) is 3.74. The van der Waals surface area contributed by atoms with Crippen molar-refractivity contribution in [1.29, 1.82) is 0 Å². The van der Waals surface area contributed by atoms with Crippen LogP contribution in [0.15, 0.2) is 42.2 Å². The van der Waals surface area contributed by atoms with Gasteiger partial charge in [0.05, 0.1) is 0 Å². The predicted octanol–water partition coefficient (Wildman–Crippen LogP) is 2.41.